The SMILES string of the molecule is CC.CCCCCC(CF)NC(C)=O.[HH]. The van der Waals surface area contributed by atoms with Gasteiger partial charge in [0.05, 0.1) is 6.04 Å². The molecular weight excluding hydrogens is 181 g/mol. The van der Waals surface area contributed by atoms with Crippen LogP contribution in [0.2, 0.25) is 0 Å². The molecule has 88 valence electrons. The first-order valence-electron chi connectivity index (χ1n) is 5.53. The van der Waals surface area contributed by atoms with Gasteiger partial charge < -0.3 is 5.32 Å². The van der Waals surface area contributed by atoms with Crippen LogP contribution in [0.1, 0.15) is 54.8 Å². The van der Waals surface area contributed by atoms with Gasteiger partial charge in [-0.25, -0.2) is 4.39 Å². The Balaban J connectivity index is -0.000000449. The zero-order valence-corrected chi connectivity index (χ0v) is 9.90. The van der Waals surface area contributed by atoms with Crippen LogP contribution in [0.5, 0.6) is 0 Å². The summed E-state index contributed by atoms with van der Waals surface area (Å²) in [5.74, 6) is -0.144. The molecule has 14 heavy (non-hydrogen) atoms. The third-order valence-corrected chi connectivity index (χ3v) is 1.75. The van der Waals surface area contributed by atoms with Crippen molar-refractivity contribution in [2.24, 2.45) is 0 Å². The van der Waals surface area contributed by atoms with Gasteiger partial charge in [0, 0.05) is 8.35 Å². The Morgan fingerprint density at radius 2 is 2.00 bits per heavy atom. The second kappa shape index (κ2) is 12.4. The number of amides is 1. The molecule has 1 N–H and O–H groups in total. The van der Waals surface area contributed by atoms with E-state index >= 15 is 0 Å². The maximum absolute atomic E-state index is 12.2. The quantitative estimate of drug-likeness (QED) is 0.665. The van der Waals surface area contributed by atoms with Crippen molar-refractivity contribution in [3.63, 3.8) is 0 Å². The van der Waals surface area contributed by atoms with E-state index < -0.39 is 6.67 Å². The number of unbranched alkanes of at least 4 members (excludes halogenated alkanes) is 2. The van der Waals surface area contributed by atoms with Crippen LogP contribution in [-0.4, -0.2) is 18.6 Å². The van der Waals surface area contributed by atoms with E-state index in [4.69, 9.17) is 0 Å². The average Bonchev–Trinajstić information content (AvgIpc) is 2.19. The summed E-state index contributed by atoms with van der Waals surface area (Å²) in [6.45, 7) is 7.06. The van der Waals surface area contributed by atoms with Gasteiger partial charge >= 0.3 is 0 Å². The molecule has 1 unspecified atom stereocenters. The van der Waals surface area contributed by atoms with Crippen molar-refractivity contribution in [2.45, 2.75) is 59.4 Å². The average molecular weight is 207 g/mol. The molecule has 0 heterocycles. The van der Waals surface area contributed by atoms with Gasteiger partial charge in [-0.05, 0) is 6.42 Å². The van der Waals surface area contributed by atoms with Gasteiger partial charge in [0.1, 0.15) is 6.67 Å². The molecule has 0 saturated heterocycles. The first-order chi connectivity index (χ1) is 6.70. The van der Waals surface area contributed by atoms with Crippen LogP contribution in [0.3, 0.4) is 0 Å². The van der Waals surface area contributed by atoms with Crippen molar-refractivity contribution in [1.82, 2.24) is 5.32 Å². The van der Waals surface area contributed by atoms with Crippen LogP contribution >= 0.6 is 0 Å². The zero-order valence-electron chi connectivity index (χ0n) is 9.90. The number of hydrogen-bond acceptors (Lipinski definition) is 1. The smallest absolute Gasteiger partial charge is 0.217 e. The predicted octanol–water partition coefficient (Wildman–Crippen LogP) is 3.31. The second-order valence-electron chi connectivity index (χ2n) is 3.05. The van der Waals surface area contributed by atoms with Gasteiger partial charge in [0.25, 0.3) is 0 Å². The molecule has 0 aliphatic carbocycles. The number of alkyl halides is 1. The monoisotopic (exact) mass is 207 g/mol. The van der Waals surface area contributed by atoms with Crippen LogP contribution in [0.4, 0.5) is 4.39 Å². The van der Waals surface area contributed by atoms with Crippen LogP contribution in [0.15, 0.2) is 0 Å². The predicted molar refractivity (Wildman–Crippen MR) is 61.2 cm³/mol. The summed E-state index contributed by atoms with van der Waals surface area (Å²) in [6, 6.07) is -0.269. The molecule has 0 fully saturated rings. The minimum absolute atomic E-state index is 0. The lowest BCUT2D eigenvalue weighted by Crippen LogP contribution is -2.34. The molecule has 0 aromatic rings. The number of halogens is 1. The Labute approximate surface area is 88.8 Å². The van der Waals surface area contributed by atoms with Gasteiger partial charge in [-0.3, -0.25) is 4.79 Å². The Bertz CT molecular complexity index is 134. The van der Waals surface area contributed by atoms with Crippen molar-refractivity contribution >= 4 is 5.91 Å². The summed E-state index contributed by atoms with van der Waals surface area (Å²) in [5, 5.41) is 2.57. The summed E-state index contributed by atoms with van der Waals surface area (Å²) >= 11 is 0. The number of carbonyl (C=O) groups is 1. The largest absolute Gasteiger partial charge is 0.351 e. The molecule has 0 spiro atoms. The van der Waals surface area contributed by atoms with E-state index in [1.807, 2.05) is 13.8 Å². The topological polar surface area (TPSA) is 29.1 Å². The standard InChI is InChI=1S/C9H18FNO.C2H6.H2/c1-3-4-5-6-9(7-10)11-8(2)12;1-2;/h9H,3-7H2,1-2H3,(H,11,12);1-2H3;1H. The molecule has 0 saturated carbocycles. The van der Waals surface area contributed by atoms with Crippen molar-refractivity contribution in [3.05, 3.63) is 0 Å². The zero-order chi connectivity index (χ0) is 11.4. The lowest BCUT2D eigenvalue weighted by Gasteiger charge is -2.13. The molecule has 3 heteroatoms. The van der Waals surface area contributed by atoms with Gasteiger partial charge in [0.15, 0.2) is 0 Å². The molecule has 1 atom stereocenters. The van der Waals surface area contributed by atoms with E-state index in [9.17, 15) is 9.18 Å². The molecule has 0 radical (unpaired) electrons. The Morgan fingerprint density at radius 1 is 1.43 bits per heavy atom. The van der Waals surface area contributed by atoms with Crippen LogP contribution in [0.25, 0.3) is 0 Å². The highest BCUT2D eigenvalue weighted by atomic mass is 19.1. The third kappa shape index (κ3) is 11.4. The Morgan fingerprint density at radius 3 is 2.36 bits per heavy atom. The minimum Gasteiger partial charge on any atom is -0.351 e. The Hall–Kier alpha value is -0.600. The molecule has 0 rings (SSSR count). The van der Waals surface area contributed by atoms with Crippen LogP contribution in [0, 0.1) is 0 Å². The lowest BCUT2D eigenvalue weighted by atomic mass is 10.1. The fraction of sp³-hybridized carbons (Fsp3) is 0.909. The Kier molecular flexibility index (Phi) is 14.0. The van der Waals surface area contributed by atoms with Crippen LogP contribution < -0.4 is 5.32 Å². The molecular formula is C11H26FNO. The molecule has 1 amide bonds. The minimum atomic E-state index is -0.455. The molecule has 0 bridgehead atoms. The molecule has 0 aromatic carbocycles. The van der Waals surface area contributed by atoms with Gasteiger partial charge in [-0.15, -0.1) is 0 Å². The van der Waals surface area contributed by atoms with Gasteiger partial charge in [-0.2, -0.15) is 0 Å². The highest BCUT2D eigenvalue weighted by Gasteiger charge is 2.07. The number of rotatable bonds is 6. The molecule has 2 nitrogen and oxygen atoms in total. The first kappa shape index (κ1) is 15.9. The highest BCUT2D eigenvalue weighted by molar-refractivity contribution is 5.73. The molecule has 0 aliphatic rings. The summed E-state index contributed by atoms with van der Waals surface area (Å²) in [5.41, 5.74) is 0. The second-order valence-corrected chi connectivity index (χ2v) is 3.05. The summed E-state index contributed by atoms with van der Waals surface area (Å²) < 4.78 is 12.2. The van der Waals surface area contributed by atoms with Crippen molar-refractivity contribution in [2.75, 3.05) is 6.67 Å². The van der Waals surface area contributed by atoms with E-state index in [1.165, 1.54) is 6.92 Å². The van der Waals surface area contributed by atoms with E-state index in [-0.39, 0.29) is 13.4 Å². The normalized spacial score (nSPS) is 11.2. The van der Waals surface area contributed by atoms with Crippen LogP contribution in [-0.2, 0) is 4.79 Å². The van der Waals surface area contributed by atoms with Gasteiger partial charge in [-0.1, -0.05) is 40.0 Å². The lowest BCUT2D eigenvalue weighted by molar-refractivity contribution is -0.119. The first-order valence-corrected chi connectivity index (χ1v) is 5.53. The summed E-state index contributed by atoms with van der Waals surface area (Å²) in [6.07, 6.45) is 3.98. The number of carbonyl (C=O) groups excluding carboxylic acids is 1. The fourth-order valence-corrected chi connectivity index (χ4v) is 1.12. The van der Waals surface area contributed by atoms with Crippen molar-refractivity contribution < 1.29 is 10.6 Å². The third-order valence-electron chi connectivity index (χ3n) is 1.75. The van der Waals surface area contributed by atoms with Crippen molar-refractivity contribution in [3.8, 4) is 0 Å². The maximum atomic E-state index is 12.2. The summed E-state index contributed by atoms with van der Waals surface area (Å²) in [4.78, 5) is 10.6. The summed E-state index contributed by atoms with van der Waals surface area (Å²) in [7, 11) is 0. The van der Waals surface area contributed by atoms with Crippen molar-refractivity contribution in [1.29, 1.82) is 0 Å². The van der Waals surface area contributed by atoms with Gasteiger partial charge in [0.2, 0.25) is 5.91 Å². The molecule has 0 aromatic heterocycles. The highest BCUT2D eigenvalue weighted by Crippen LogP contribution is 2.03. The fourth-order valence-electron chi connectivity index (χ4n) is 1.12. The number of hydrogen-bond donors (Lipinski definition) is 1. The van der Waals surface area contributed by atoms with E-state index in [2.05, 4.69) is 12.2 Å². The van der Waals surface area contributed by atoms with E-state index in [0.29, 0.717) is 0 Å². The van der Waals surface area contributed by atoms with E-state index in [1.54, 1.807) is 0 Å². The number of nitrogens with one attached hydrogen (secondary N) is 1. The molecule has 0 aliphatic heterocycles. The maximum Gasteiger partial charge on any atom is 0.217 e. The van der Waals surface area contributed by atoms with E-state index in [0.717, 1.165) is 25.7 Å².